The lowest BCUT2D eigenvalue weighted by Gasteiger charge is -2.16. The largest absolute Gasteiger partial charge is 0.389 e. The maximum atomic E-state index is 9.79. The van der Waals surface area contributed by atoms with Crippen LogP contribution in [0.25, 0.3) is 0 Å². The third-order valence-electron chi connectivity index (χ3n) is 2.24. The average molecular weight is 381 g/mol. The van der Waals surface area contributed by atoms with Crippen LogP contribution in [0.15, 0.2) is 27.1 Å². The fraction of sp³-hybridized carbons (Fsp3) is 0.538. The number of aliphatic hydroxyl groups excluding tert-OH is 1. The van der Waals surface area contributed by atoms with Gasteiger partial charge in [0.25, 0.3) is 0 Å². The molecule has 0 saturated heterocycles. The Kier molecular flexibility index (Phi) is 7.22. The maximum Gasteiger partial charge on any atom is 0.0945 e. The quantitative estimate of drug-likeness (QED) is 0.758. The fourth-order valence-corrected chi connectivity index (χ4v) is 2.66. The molecule has 0 saturated carbocycles. The number of para-hydroxylation sites is 1. The fourth-order valence-electron chi connectivity index (χ4n) is 1.39. The van der Waals surface area contributed by atoms with E-state index < -0.39 is 6.10 Å². The van der Waals surface area contributed by atoms with Crippen LogP contribution in [-0.2, 0) is 4.74 Å². The minimum absolute atomic E-state index is 0.354. The number of ether oxygens (including phenoxy) is 1. The SMILES string of the molecule is CC(C)COCC(O)CNc1c(Br)cccc1Br. The summed E-state index contributed by atoms with van der Waals surface area (Å²) in [6.45, 7) is 5.66. The van der Waals surface area contributed by atoms with E-state index in [1.165, 1.54) is 0 Å². The Morgan fingerprint density at radius 3 is 2.39 bits per heavy atom. The number of anilines is 1. The molecule has 5 heteroatoms. The molecule has 1 atom stereocenters. The molecule has 1 unspecified atom stereocenters. The predicted molar refractivity (Wildman–Crippen MR) is 82.0 cm³/mol. The van der Waals surface area contributed by atoms with Crippen LogP contribution in [0.2, 0.25) is 0 Å². The Morgan fingerprint density at radius 1 is 1.22 bits per heavy atom. The van der Waals surface area contributed by atoms with E-state index in [4.69, 9.17) is 4.74 Å². The molecule has 0 spiro atoms. The first-order valence-corrected chi connectivity index (χ1v) is 7.53. The van der Waals surface area contributed by atoms with Gasteiger partial charge in [0, 0.05) is 22.1 Å². The molecule has 2 N–H and O–H groups in total. The second-order valence-corrected chi connectivity index (χ2v) is 6.27. The van der Waals surface area contributed by atoms with Crippen molar-refractivity contribution in [2.45, 2.75) is 20.0 Å². The summed E-state index contributed by atoms with van der Waals surface area (Å²) in [5, 5.41) is 13.0. The summed E-state index contributed by atoms with van der Waals surface area (Å²) in [5.41, 5.74) is 0.945. The number of benzene rings is 1. The van der Waals surface area contributed by atoms with Crippen LogP contribution in [0, 0.1) is 5.92 Å². The van der Waals surface area contributed by atoms with Crippen LogP contribution in [0.3, 0.4) is 0 Å². The molecule has 0 bridgehead atoms. The average Bonchev–Trinajstić information content (AvgIpc) is 2.27. The van der Waals surface area contributed by atoms with Crippen LogP contribution in [-0.4, -0.2) is 31.0 Å². The van der Waals surface area contributed by atoms with Gasteiger partial charge in [-0.2, -0.15) is 0 Å². The summed E-state index contributed by atoms with van der Waals surface area (Å²) in [6, 6.07) is 5.85. The number of rotatable bonds is 7. The molecule has 1 rings (SSSR count). The Bertz CT molecular complexity index is 352. The van der Waals surface area contributed by atoms with Crippen molar-refractivity contribution in [3.8, 4) is 0 Å². The molecule has 0 aliphatic heterocycles. The van der Waals surface area contributed by atoms with Gasteiger partial charge >= 0.3 is 0 Å². The Labute approximate surface area is 125 Å². The molecule has 0 amide bonds. The zero-order valence-electron chi connectivity index (χ0n) is 10.6. The van der Waals surface area contributed by atoms with Crippen molar-refractivity contribution in [3.63, 3.8) is 0 Å². The molecular weight excluding hydrogens is 362 g/mol. The van der Waals surface area contributed by atoms with Gasteiger partial charge in [-0.3, -0.25) is 0 Å². The number of hydrogen-bond acceptors (Lipinski definition) is 3. The minimum Gasteiger partial charge on any atom is -0.389 e. The van der Waals surface area contributed by atoms with Gasteiger partial charge in [-0.05, 0) is 49.9 Å². The van der Waals surface area contributed by atoms with Crippen LogP contribution in [0.4, 0.5) is 5.69 Å². The van der Waals surface area contributed by atoms with Gasteiger partial charge in [0.1, 0.15) is 0 Å². The maximum absolute atomic E-state index is 9.79. The molecule has 1 aromatic carbocycles. The Morgan fingerprint density at radius 2 is 1.83 bits per heavy atom. The lowest BCUT2D eigenvalue weighted by molar-refractivity contribution is 0.0318. The molecule has 0 radical (unpaired) electrons. The highest BCUT2D eigenvalue weighted by molar-refractivity contribution is 9.11. The number of halogens is 2. The van der Waals surface area contributed by atoms with Crippen molar-refractivity contribution in [2.75, 3.05) is 25.1 Å². The Hall–Kier alpha value is -0.100. The molecule has 0 aromatic heterocycles. The number of aliphatic hydroxyl groups is 1. The van der Waals surface area contributed by atoms with E-state index in [1.54, 1.807) is 0 Å². The highest BCUT2D eigenvalue weighted by Crippen LogP contribution is 2.30. The van der Waals surface area contributed by atoms with Gasteiger partial charge in [-0.25, -0.2) is 0 Å². The molecule has 18 heavy (non-hydrogen) atoms. The topological polar surface area (TPSA) is 41.5 Å². The monoisotopic (exact) mass is 379 g/mol. The summed E-state index contributed by atoms with van der Waals surface area (Å²) < 4.78 is 7.32. The second-order valence-electron chi connectivity index (χ2n) is 4.56. The third-order valence-corrected chi connectivity index (χ3v) is 3.56. The van der Waals surface area contributed by atoms with Crippen molar-refractivity contribution in [1.29, 1.82) is 0 Å². The van der Waals surface area contributed by atoms with Gasteiger partial charge in [-0.1, -0.05) is 19.9 Å². The minimum atomic E-state index is -0.511. The normalized spacial score (nSPS) is 12.8. The van der Waals surface area contributed by atoms with Crippen molar-refractivity contribution < 1.29 is 9.84 Å². The van der Waals surface area contributed by atoms with Crippen LogP contribution < -0.4 is 5.32 Å². The van der Waals surface area contributed by atoms with E-state index in [9.17, 15) is 5.11 Å². The molecule has 3 nitrogen and oxygen atoms in total. The second kappa shape index (κ2) is 8.15. The van der Waals surface area contributed by atoms with Crippen molar-refractivity contribution in [3.05, 3.63) is 27.1 Å². The first-order chi connectivity index (χ1) is 8.50. The molecule has 0 heterocycles. The van der Waals surface area contributed by atoms with Crippen LogP contribution in [0.5, 0.6) is 0 Å². The number of nitrogens with one attached hydrogen (secondary N) is 1. The van der Waals surface area contributed by atoms with Gasteiger partial charge in [-0.15, -0.1) is 0 Å². The van der Waals surface area contributed by atoms with E-state index >= 15 is 0 Å². The van der Waals surface area contributed by atoms with E-state index in [-0.39, 0.29) is 0 Å². The molecular formula is C13H19Br2NO2. The molecule has 0 aliphatic carbocycles. The van der Waals surface area contributed by atoms with Crippen LogP contribution >= 0.6 is 31.9 Å². The lowest BCUT2D eigenvalue weighted by Crippen LogP contribution is -2.25. The van der Waals surface area contributed by atoms with Gasteiger partial charge < -0.3 is 15.2 Å². The smallest absolute Gasteiger partial charge is 0.0945 e. The van der Waals surface area contributed by atoms with Crippen molar-refractivity contribution in [1.82, 2.24) is 0 Å². The van der Waals surface area contributed by atoms with Gasteiger partial charge in [0.2, 0.25) is 0 Å². The summed E-state index contributed by atoms with van der Waals surface area (Å²) in [4.78, 5) is 0. The summed E-state index contributed by atoms with van der Waals surface area (Å²) in [7, 11) is 0. The molecule has 102 valence electrons. The van der Waals surface area contributed by atoms with E-state index in [0.29, 0.717) is 25.7 Å². The van der Waals surface area contributed by atoms with E-state index in [0.717, 1.165) is 14.6 Å². The highest BCUT2D eigenvalue weighted by atomic mass is 79.9. The standard InChI is InChI=1S/C13H19Br2NO2/c1-9(2)7-18-8-10(17)6-16-13-11(14)4-3-5-12(13)15/h3-5,9-10,16-17H,6-8H2,1-2H3. The summed E-state index contributed by atoms with van der Waals surface area (Å²) in [6.07, 6.45) is -0.511. The van der Waals surface area contributed by atoms with Gasteiger partial charge in [0.05, 0.1) is 18.4 Å². The molecule has 0 fully saturated rings. The Balaban J connectivity index is 2.36. The lowest BCUT2D eigenvalue weighted by atomic mass is 10.2. The van der Waals surface area contributed by atoms with E-state index in [2.05, 4.69) is 51.0 Å². The number of hydrogen-bond donors (Lipinski definition) is 2. The zero-order valence-corrected chi connectivity index (χ0v) is 13.8. The molecule has 1 aromatic rings. The summed E-state index contributed by atoms with van der Waals surface area (Å²) >= 11 is 6.93. The van der Waals surface area contributed by atoms with Crippen LogP contribution in [0.1, 0.15) is 13.8 Å². The molecule has 0 aliphatic rings. The summed E-state index contributed by atoms with van der Waals surface area (Å²) in [5.74, 6) is 0.488. The van der Waals surface area contributed by atoms with Crippen molar-refractivity contribution >= 4 is 37.5 Å². The first-order valence-electron chi connectivity index (χ1n) is 5.94. The highest BCUT2D eigenvalue weighted by Gasteiger charge is 2.08. The van der Waals surface area contributed by atoms with Crippen molar-refractivity contribution in [2.24, 2.45) is 5.92 Å². The zero-order chi connectivity index (χ0) is 13.5. The van der Waals surface area contributed by atoms with E-state index in [1.807, 2.05) is 18.2 Å². The third kappa shape index (κ3) is 5.69. The predicted octanol–water partition coefficient (Wildman–Crippen LogP) is 3.66. The first kappa shape index (κ1) is 16.0. The van der Waals surface area contributed by atoms with Gasteiger partial charge in [0.15, 0.2) is 0 Å².